The van der Waals surface area contributed by atoms with Gasteiger partial charge in [0.05, 0.1) is 18.6 Å². The number of rotatable bonds is 1. The molecule has 0 N–H and O–H groups in total. The molecule has 0 amide bonds. The van der Waals surface area contributed by atoms with E-state index in [0.717, 1.165) is 16.6 Å². The molecule has 4 heteroatoms. The number of pyridine rings is 1. The summed E-state index contributed by atoms with van der Waals surface area (Å²) in [6.45, 7) is 3.74. The molecule has 2 heterocycles. The zero-order valence-corrected chi connectivity index (χ0v) is 8.83. The predicted octanol–water partition coefficient (Wildman–Crippen LogP) is 1.81. The van der Waals surface area contributed by atoms with Crippen LogP contribution in [0.3, 0.4) is 0 Å². The van der Waals surface area contributed by atoms with Gasteiger partial charge in [0, 0.05) is 17.5 Å². The molecule has 2 aromatic rings. The van der Waals surface area contributed by atoms with E-state index < -0.39 is 5.63 Å². The average Bonchev–Trinajstić information content (AvgIpc) is 2.23. The van der Waals surface area contributed by atoms with E-state index in [9.17, 15) is 4.79 Å². The molecule has 0 atom stereocenters. The highest BCUT2D eigenvalue weighted by Gasteiger charge is 2.10. The maximum absolute atomic E-state index is 11.3. The van der Waals surface area contributed by atoms with Crippen LogP contribution in [0.25, 0.3) is 11.0 Å². The molecule has 15 heavy (non-hydrogen) atoms. The molecule has 0 radical (unpaired) electrons. The Bertz CT molecular complexity index is 572. The minimum absolute atomic E-state index is 0.409. The van der Waals surface area contributed by atoms with Crippen molar-refractivity contribution in [3.8, 4) is 5.75 Å². The van der Waals surface area contributed by atoms with Gasteiger partial charge >= 0.3 is 5.63 Å². The number of hydrogen-bond acceptors (Lipinski definition) is 4. The van der Waals surface area contributed by atoms with E-state index in [1.54, 1.807) is 6.20 Å². The summed E-state index contributed by atoms with van der Waals surface area (Å²) in [7, 11) is 1.52. The number of aryl methyl sites for hydroxylation is 2. The number of nitrogens with zero attached hydrogens (tertiary/aromatic N) is 1. The molecular formula is C11H11NO3. The van der Waals surface area contributed by atoms with Gasteiger partial charge in [-0.05, 0) is 13.8 Å². The van der Waals surface area contributed by atoms with Crippen molar-refractivity contribution in [1.82, 2.24) is 4.98 Å². The lowest BCUT2D eigenvalue weighted by atomic mass is 10.1. The van der Waals surface area contributed by atoms with Crippen LogP contribution in [-0.4, -0.2) is 12.1 Å². The van der Waals surface area contributed by atoms with Crippen molar-refractivity contribution in [2.24, 2.45) is 0 Å². The third-order valence-electron chi connectivity index (χ3n) is 2.45. The summed E-state index contributed by atoms with van der Waals surface area (Å²) < 4.78 is 10.2. The molecule has 0 aromatic carbocycles. The highest BCUT2D eigenvalue weighted by molar-refractivity contribution is 5.85. The van der Waals surface area contributed by atoms with Crippen LogP contribution in [0.4, 0.5) is 0 Å². The van der Waals surface area contributed by atoms with E-state index in [4.69, 9.17) is 9.15 Å². The van der Waals surface area contributed by atoms with Crippen molar-refractivity contribution in [2.45, 2.75) is 13.8 Å². The number of aromatic nitrogens is 1. The summed E-state index contributed by atoms with van der Waals surface area (Å²) in [6.07, 6.45) is 1.65. The lowest BCUT2D eigenvalue weighted by molar-refractivity contribution is 0.413. The summed E-state index contributed by atoms with van der Waals surface area (Å²) in [5.41, 5.74) is 1.85. The number of hydrogen-bond donors (Lipinski definition) is 0. The van der Waals surface area contributed by atoms with Gasteiger partial charge < -0.3 is 9.15 Å². The minimum Gasteiger partial charge on any atom is -0.496 e. The summed E-state index contributed by atoms with van der Waals surface area (Å²) >= 11 is 0. The van der Waals surface area contributed by atoms with Crippen molar-refractivity contribution in [2.75, 3.05) is 7.11 Å². The van der Waals surface area contributed by atoms with E-state index >= 15 is 0 Å². The van der Waals surface area contributed by atoms with Crippen LogP contribution in [0.2, 0.25) is 0 Å². The third kappa shape index (κ3) is 1.48. The Labute approximate surface area is 86.5 Å². The normalized spacial score (nSPS) is 10.6. The number of ether oxygens (including phenoxy) is 1. The first kappa shape index (κ1) is 9.71. The standard InChI is InChI=1S/C11H11NO3/c1-6-7(2)12-5-8-9(14-3)4-10(13)15-11(6)8/h4-5H,1-3H3. The monoisotopic (exact) mass is 205 g/mol. The van der Waals surface area contributed by atoms with Gasteiger partial charge in [0.25, 0.3) is 0 Å². The van der Waals surface area contributed by atoms with Crippen LogP contribution in [0, 0.1) is 13.8 Å². The number of methoxy groups -OCH3 is 1. The third-order valence-corrected chi connectivity index (χ3v) is 2.45. The maximum atomic E-state index is 11.3. The molecule has 0 fully saturated rings. The molecule has 2 aromatic heterocycles. The van der Waals surface area contributed by atoms with Crippen LogP contribution in [0.1, 0.15) is 11.3 Å². The van der Waals surface area contributed by atoms with Crippen molar-refractivity contribution in [1.29, 1.82) is 0 Å². The molecule has 0 saturated heterocycles. The zero-order valence-electron chi connectivity index (χ0n) is 8.83. The van der Waals surface area contributed by atoms with Gasteiger partial charge in [-0.3, -0.25) is 4.98 Å². The second kappa shape index (κ2) is 3.38. The lowest BCUT2D eigenvalue weighted by Gasteiger charge is -2.06. The fourth-order valence-electron chi connectivity index (χ4n) is 1.47. The van der Waals surface area contributed by atoms with E-state index in [2.05, 4.69) is 4.98 Å². The van der Waals surface area contributed by atoms with E-state index in [0.29, 0.717) is 11.3 Å². The Morgan fingerprint density at radius 2 is 2.13 bits per heavy atom. The second-order valence-electron chi connectivity index (χ2n) is 3.35. The molecule has 0 aliphatic carbocycles. The van der Waals surface area contributed by atoms with Gasteiger partial charge in [0.2, 0.25) is 0 Å². The quantitative estimate of drug-likeness (QED) is 0.712. The second-order valence-corrected chi connectivity index (χ2v) is 3.35. The number of fused-ring (bicyclic) bond motifs is 1. The molecule has 2 rings (SSSR count). The van der Waals surface area contributed by atoms with Gasteiger partial charge in [-0.25, -0.2) is 4.79 Å². The van der Waals surface area contributed by atoms with Crippen LogP contribution >= 0.6 is 0 Å². The molecular weight excluding hydrogens is 194 g/mol. The Hall–Kier alpha value is -1.84. The van der Waals surface area contributed by atoms with Crippen molar-refractivity contribution >= 4 is 11.0 Å². The average molecular weight is 205 g/mol. The molecule has 4 nitrogen and oxygen atoms in total. The van der Waals surface area contributed by atoms with Crippen molar-refractivity contribution < 1.29 is 9.15 Å². The Morgan fingerprint density at radius 3 is 2.80 bits per heavy atom. The predicted molar refractivity (Wildman–Crippen MR) is 56.3 cm³/mol. The van der Waals surface area contributed by atoms with Gasteiger partial charge in [-0.2, -0.15) is 0 Å². The summed E-state index contributed by atoms with van der Waals surface area (Å²) in [4.78, 5) is 15.5. The summed E-state index contributed by atoms with van der Waals surface area (Å²) in [5, 5.41) is 0.722. The van der Waals surface area contributed by atoms with Crippen LogP contribution in [0.5, 0.6) is 5.75 Å². The first-order valence-corrected chi connectivity index (χ1v) is 4.57. The molecule has 78 valence electrons. The van der Waals surface area contributed by atoms with Crippen LogP contribution in [-0.2, 0) is 0 Å². The van der Waals surface area contributed by atoms with Gasteiger partial charge in [0.1, 0.15) is 11.3 Å². The smallest absolute Gasteiger partial charge is 0.339 e. The molecule has 0 aliphatic rings. The molecule has 0 unspecified atom stereocenters. The molecule has 0 spiro atoms. The molecule has 0 aliphatic heterocycles. The first-order chi connectivity index (χ1) is 7.13. The molecule has 0 bridgehead atoms. The first-order valence-electron chi connectivity index (χ1n) is 4.57. The van der Waals surface area contributed by atoms with E-state index in [1.807, 2.05) is 13.8 Å². The largest absolute Gasteiger partial charge is 0.496 e. The molecule has 0 saturated carbocycles. The SMILES string of the molecule is COc1cc(=O)oc2c(C)c(C)ncc12. The van der Waals surface area contributed by atoms with Crippen LogP contribution in [0.15, 0.2) is 21.5 Å². The lowest BCUT2D eigenvalue weighted by Crippen LogP contribution is -2.01. The fourth-order valence-corrected chi connectivity index (χ4v) is 1.47. The summed E-state index contributed by atoms with van der Waals surface area (Å²) in [5.74, 6) is 0.497. The van der Waals surface area contributed by atoms with Crippen molar-refractivity contribution in [3.63, 3.8) is 0 Å². The Morgan fingerprint density at radius 1 is 1.40 bits per heavy atom. The topological polar surface area (TPSA) is 52.3 Å². The highest BCUT2D eigenvalue weighted by atomic mass is 16.5. The van der Waals surface area contributed by atoms with E-state index in [-0.39, 0.29) is 0 Å². The zero-order chi connectivity index (χ0) is 11.0. The van der Waals surface area contributed by atoms with Gasteiger partial charge in [0.15, 0.2) is 0 Å². The Balaban J connectivity index is 2.96. The Kier molecular flexibility index (Phi) is 2.19. The minimum atomic E-state index is -0.409. The van der Waals surface area contributed by atoms with E-state index in [1.165, 1.54) is 13.2 Å². The van der Waals surface area contributed by atoms with Crippen LogP contribution < -0.4 is 10.4 Å². The van der Waals surface area contributed by atoms with Gasteiger partial charge in [-0.15, -0.1) is 0 Å². The fraction of sp³-hybridized carbons (Fsp3) is 0.273. The highest BCUT2D eigenvalue weighted by Crippen LogP contribution is 2.25. The van der Waals surface area contributed by atoms with Crippen molar-refractivity contribution in [3.05, 3.63) is 33.9 Å². The maximum Gasteiger partial charge on any atom is 0.339 e. The summed E-state index contributed by atoms with van der Waals surface area (Å²) in [6, 6.07) is 1.32. The van der Waals surface area contributed by atoms with Gasteiger partial charge in [-0.1, -0.05) is 0 Å².